The Kier molecular flexibility index (Phi) is 5.96. The van der Waals surface area contributed by atoms with Crippen LogP contribution in [0, 0.1) is 0 Å². The zero-order valence-corrected chi connectivity index (χ0v) is 14.6. The summed E-state index contributed by atoms with van der Waals surface area (Å²) in [6.07, 6.45) is 2.82. The van der Waals surface area contributed by atoms with E-state index in [1.165, 1.54) is 21.7 Å². The Morgan fingerprint density at radius 1 is 1.36 bits per heavy atom. The van der Waals surface area contributed by atoms with E-state index in [2.05, 4.69) is 10.6 Å². The Bertz CT molecular complexity index is 607. The van der Waals surface area contributed by atoms with Gasteiger partial charge in [0.2, 0.25) is 10.0 Å². The van der Waals surface area contributed by atoms with E-state index < -0.39 is 10.0 Å². The Morgan fingerprint density at radius 3 is 2.68 bits per heavy atom. The molecular formula is C14H23N3O3S2. The number of hydrogen-bond donors (Lipinski definition) is 2. The van der Waals surface area contributed by atoms with Crippen LogP contribution in [0.4, 0.5) is 0 Å². The largest absolute Gasteiger partial charge is 0.350 e. The first-order valence-corrected chi connectivity index (χ1v) is 9.82. The molecule has 1 saturated heterocycles. The molecule has 22 heavy (non-hydrogen) atoms. The topological polar surface area (TPSA) is 78.5 Å². The molecule has 1 atom stereocenters. The van der Waals surface area contributed by atoms with Crippen molar-refractivity contribution in [2.24, 2.45) is 0 Å². The number of piperidine rings is 1. The summed E-state index contributed by atoms with van der Waals surface area (Å²) in [4.78, 5) is 12.7. The summed E-state index contributed by atoms with van der Waals surface area (Å²) in [6, 6.07) is 1.66. The molecule has 0 bridgehead atoms. The molecule has 1 fully saturated rings. The van der Waals surface area contributed by atoms with Crippen LogP contribution >= 0.6 is 11.3 Å². The highest BCUT2D eigenvalue weighted by Gasteiger charge is 2.30. The number of hydrogen-bond acceptors (Lipinski definition) is 5. The average molecular weight is 345 g/mol. The van der Waals surface area contributed by atoms with Gasteiger partial charge in [-0.15, -0.1) is 11.3 Å². The lowest BCUT2D eigenvalue weighted by molar-refractivity contribution is 0.0951. The lowest BCUT2D eigenvalue weighted by Gasteiger charge is -2.25. The maximum atomic E-state index is 12.7. The highest BCUT2D eigenvalue weighted by atomic mass is 32.2. The molecular weight excluding hydrogens is 322 g/mol. The van der Waals surface area contributed by atoms with Gasteiger partial charge >= 0.3 is 0 Å². The average Bonchev–Trinajstić information content (AvgIpc) is 3.03. The predicted molar refractivity (Wildman–Crippen MR) is 87.8 cm³/mol. The molecule has 2 rings (SSSR count). The minimum absolute atomic E-state index is 0.131. The third-order valence-electron chi connectivity index (χ3n) is 3.83. The van der Waals surface area contributed by atoms with Gasteiger partial charge in [-0.3, -0.25) is 4.79 Å². The first-order valence-electron chi connectivity index (χ1n) is 7.50. The van der Waals surface area contributed by atoms with E-state index in [-0.39, 0.29) is 21.7 Å². The summed E-state index contributed by atoms with van der Waals surface area (Å²) in [5.74, 6) is -0.326. The summed E-state index contributed by atoms with van der Waals surface area (Å²) in [5.41, 5.74) is 0. The van der Waals surface area contributed by atoms with Crippen LogP contribution in [0.1, 0.15) is 35.9 Å². The first-order chi connectivity index (χ1) is 10.5. The number of sulfonamides is 1. The minimum Gasteiger partial charge on any atom is -0.350 e. The van der Waals surface area contributed by atoms with Gasteiger partial charge in [-0.25, -0.2) is 8.42 Å². The molecule has 8 heteroatoms. The number of nitrogens with zero attached hydrogens (tertiary/aromatic N) is 1. The fourth-order valence-electron chi connectivity index (χ4n) is 2.34. The Morgan fingerprint density at radius 2 is 2.05 bits per heavy atom. The van der Waals surface area contributed by atoms with Crippen molar-refractivity contribution < 1.29 is 13.2 Å². The summed E-state index contributed by atoms with van der Waals surface area (Å²) in [7, 11) is -1.76. The van der Waals surface area contributed by atoms with E-state index >= 15 is 0 Å². The van der Waals surface area contributed by atoms with Crippen molar-refractivity contribution in [1.82, 2.24) is 14.9 Å². The van der Waals surface area contributed by atoms with E-state index in [9.17, 15) is 13.2 Å². The van der Waals surface area contributed by atoms with Crippen LogP contribution in [0.15, 0.2) is 16.3 Å². The predicted octanol–water partition coefficient (Wildman–Crippen LogP) is 1.26. The fraction of sp³-hybridized carbons (Fsp3) is 0.643. The zero-order chi connectivity index (χ0) is 16.2. The second kappa shape index (κ2) is 7.54. The van der Waals surface area contributed by atoms with E-state index in [0.717, 1.165) is 19.3 Å². The molecule has 1 aliphatic rings. The van der Waals surface area contributed by atoms with Crippen LogP contribution < -0.4 is 10.6 Å². The normalized spacial score (nSPS) is 18.1. The summed E-state index contributed by atoms with van der Waals surface area (Å²) in [6.45, 7) is 3.47. The highest BCUT2D eigenvalue weighted by Crippen LogP contribution is 2.27. The van der Waals surface area contributed by atoms with Crippen molar-refractivity contribution in [3.63, 3.8) is 0 Å². The lowest BCUT2D eigenvalue weighted by Crippen LogP contribution is -2.38. The smallest absolute Gasteiger partial charge is 0.262 e. The number of nitrogens with one attached hydrogen (secondary N) is 2. The van der Waals surface area contributed by atoms with Crippen molar-refractivity contribution in [2.75, 3.05) is 26.7 Å². The Hall–Kier alpha value is -0.960. The van der Waals surface area contributed by atoms with Gasteiger partial charge in [0.1, 0.15) is 9.77 Å². The Labute approximate surface area is 135 Å². The number of thiophene rings is 1. The summed E-state index contributed by atoms with van der Waals surface area (Å²) < 4.78 is 26.9. The third kappa shape index (κ3) is 3.87. The van der Waals surface area contributed by atoms with Gasteiger partial charge in [-0.1, -0.05) is 6.42 Å². The van der Waals surface area contributed by atoms with Crippen LogP contribution in [0.3, 0.4) is 0 Å². The van der Waals surface area contributed by atoms with Gasteiger partial charge in [0, 0.05) is 25.7 Å². The van der Waals surface area contributed by atoms with E-state index in [1.54, 1.807) is 5.38 Å². The second-order valence-electron chi connectivity index (χ2n) is 5.48. The molecule has 0 saturated carbocycles. The molecule has 2 heterocycles. The quantitative estimate of drug-likeness (QED) is 0.814. The van der Waals surface area contributed by atoms with Crippen molar-refractivity contribution in [1.29, 1.82) is 0 Å². The van der Waals surface area contributed by atoms with Crippen molar-refractivity contribution in [3.05, 3.63) is 16.3 Å². The Balaban J connectivity index is 2.16. The van der Waals surface area contributed by atoms with E-state index in [1.807, 2.05) is 14.0 Å². The molecule has 1 unspecified atom stereocenters. The van der Waals surface area contributed by atoms with Gasteiger partial charge in [0.15, 0.2) is 0 Å². The maximum absolute atomic E-state index is 12.7. The van der Waals surface area contributed by atoms with Crippen LogP contribution in [0.2, 0.25) is 0 Å². The van der Waals surface area contributed by atoms with Crippen molar-refractivity contribution in [2.45, 2.75) is 37.1 Å². The number of likely N-dealkylation sites (N-methyl/N-ethyl adjacent to an activating group) is 1. The van der Waals surface area contributed by atoms with Gasteiger partial charge < -0.3 is 10.6 Å². The molecule has 124 valence electrons. The number of amides is 1. The SMILES string of the molecule is CNC(C)CNC(=O)c1sccc1S(=O)(=O)N1CCCCC1. The van der Waals surface area contributed by atoms with E-state index in [4.69, 9.17) is 0 Å². The van der Waals surface area contributed by atoms with Crippen LogP contribution in [-0.4, -0.2) is 51.4 Å². The fourth-order valence-corrected chi connectivity index (χ4v) is 5.17. The molecule has 0 radical (unpaired) electrons. The molecule has 0 aliphatic carbocycles. The molecule has 1 aliphatic heterocycles. The van der Waals surface area contributed by atoms with Gasteiger partial charge in [0.05, 0.1) is 0 Å². The number of carbonyl (C=O) groups excluding carboxylic acids is 1. The molecule has 0 aromatic carbocycles. The molecule has 1 amide bonds. The molecule has 0 spiro atoms. The zero-order valence-electron chi connectivity index (χ0n) is 13.0. The minimum atomic E-state index is -3.57. The third-order valence-corrected chi connectivity index (χ3v) is 6.81. The number of carbonyl (C=O) groups is 1. The molecule has 6 nitrogen and oxygen atoms in total. The highest BCUT2D eigenvalue weighted by molar-refractivity contribution is 7.89. The van der Waals surface area contributed by atoms with Gasteiger partial charge in [-0.05, 0) is 38.3 Å². The molecule has 2 N–H and O–H groups in total. The van der Waals surface area contributed by atoms with Crippen LogP contribution in [-0.2, 0) is 10.0 Å². The monoisotopic (exact) mass is 345 g/mol. The molecule has 1 aromatic heterocycles. The molecule has 1 aromatic rings. The van der Waals surface area contributed by atoms with Crippen LogP contribution in [0.25, 0.3) is 0 Å². The van der Waals surface area contributed by atoms with E-state index in [0.29, 0.717) is 19.6 Å². The first kappa shape index (κ1) is 17.4. The summed E-state index contributed by atoms with van der Waals surface area (Å²) in [5, 5.41) is 7.46. The van der Waals surface area contributed by atoms with Gasteiger partial charge in [-0.2, -0.15) is 4.31 Å². The summed E-state index contributed by atoms with van der Waals surface area (Å²) >= 11 is 1.17. The number of rotatable bonds is 6. The lowest BCUT2D eigenvalue weighted by atomic mass is 10.2. The maximum Gasteiger partial charge on any atom is 0.262 e. The van der Waals surface area contributed by atoms with Gasteiger partial charge in [0.25, 0.3) is 5.91 Å². The van der Waals surface area contributed by atoms with Crippen LogP contribution in [0.5, 0.6) is 0 Å². The second-order valence-corrected chi connectivity index (χ2v) is 8.30. The van der Waals surface area contributed by atoms with Crippen molar-refractivity contribution in [3.8, 4) is 0 Å². The van der Waals surface area contributed by atoms with Crippen molar-refractivity contribution >= 4 is 27.3 Å². The standard InChI is InChI=1S/C14H23N3O3S2/c1-11(15-2)10-16-14(18)13-12(6-9-21-13)22(19,20)17-7-4-3-5-8-17/h6,9,11,15H,3-5,7-8,10H2,1-2H3,(H,16,18).